The number of esters is 2. The number of rotatable bonds is 4. The number of hydrogen-bond donors (Lipinski definition) is 0. The van der Waals surface area contributed by atoms with E-state index >= 15 is 0 Å². The van der Waals surface area contributed by atoms with Crippen LogP contribution in [-0.2, 0) is 19.0 Å². The first-order valence-corrected chi connectivity index (χ1v) is 8.18. The Morgan fingerprint density at radius 2 is 1.81 bits per heavy atom. The van der Waals surface area contributed by atoms with E-state index in [1.807, 2.05) is 0 Å². The zero-order valence-electron chi connectivity index (χ0n) is 15.4. The highest BCUT2D eigenvalue weighted by Crippen LogP contribution is 2.42. The van der Waals surface area contributed by atoms with E-state index in [4.69, 9.17) is 18.9 Å². The lowest BCUT2D eigenvalue weighted by Gasteiger charge is -2.24. The van der Waals surface area contributed by atoms with Gasteiger partial charge in [0, 0.05) is 24.6 Å². The van der Waals surface area contributed by atoms with Gasteiger partial charge in [0.1, 0.15) is 11.2 Å². The Morgan fingerprint density at radius 3 is 2.44 bits per heavy atom. The van der Waals surface area contributed by atoms with Gasteiger partial charge in [0.2, 0.25) is 0 Å². The number of amides is 1. The molecule has 0 spiro atoms. The molecule has 1 aromatic rings. The van der Waals surface area contributed by atoms with Gasteiger partial charge in [0.25, 0.3) is 5.91 Å². The van der Waals surface area contributed by atoms with E-state index in [-0.39, 0.29) is 48.9 Å². The largest absolute Gasteiger partial charge is 0.497 e. The number of halogens is 1. The summed E-state index contributed by atoms with van der Waals surface area (Å²) >= 11 is 0. The van der Waals surface area contributed by atoms with E-state index in [9.17, 15) is 14.4 Å². The van der Waals surface area contributed by atoms with Gasteiger partial charge in [-0.2, -0.15) is 0 Å². The van der Waals surface area contributed by atoms with E-state index in [1.165, 1.54) is 33.5 Å². The molecular formula is C18H22ClNO7. The zero-order valence-corrected chi connectivity index (χ0v) is 16.2. The molecule has 2 heterocycles. The highest BCUT2D eigenvalue weighted by atomic mass is 35.5. The molecule has 0 bridgehead atoms. The highest BCUT2D eigenvalue weighted by molar-refractivity contribution is 5.99. The fourth-order valence-electron chi connectivity index (χ4n) is 3.64. The first-order chi connectivity index (χ1) is 12.4. The van der Waals surface area contributed by atoms with E-state index in [1.54, 1.807) is 11.0 Å². The molecular weight excluding hydrogens is 378 g/mol. The van der Waals surface area contributed by atoms with Crippen molar-refractivity contribution in [3.8, 4) is 5.75 Å². The molecule has 8 nitrogen and oxygen atoms in total. The zero-order chi connectivity index (χ0) is 18.9. The number of hydrogen-bond acceptors (Lipinski definition) is 7. The molecule has 2 fully saturated rings. The lowest BCUT2D eigenvalue weighted by atomic mass is 9.81. The molecule has 27 heavy (non-hydrogen) atoms. The summed E-state index contributed by atoms with van der Waals surface area (Å²) in [6, 6.07) is 4.53. The van der Waals surface area contributed by atoms with Crippen molar-refractivity contribution in [1.82, 2.24) is 4.90 Å². The lowest BCUT2D eigenvalue weighted by Crippen LogP contribution is -2.41. The molecule has 1 amide bonds. The van der Waals surface area contributed by atoms with E-state index in [0.717, 1.165) is 0 Å². The summed E-state index contributed by atoms with van der Waals surface area (Å²) < 4.78 is 20.3. The molecule has 2 aliphatic rings. The van der Waals surface area contributed by atoms with Crippen LogP contribution in [0.3, 0.4) is 0 Å². The molecule has 148 valence electrons. The van der Waals surface area contributed by atoms with Crippen LogP contribution >= 0.6 is 12.4 Å². The molecule has 0 N–H and O–H groups in total. The number of methoxy groups -OCH3 is 3. The van der Waals surface area contributed by atoms with Gasteiger partial charge in [-0.3, -0.25) is 9.59 Å². The average Bonchev–Trinajstić information content (AvgIpc) is 3.23. The smallest absolute Gasteiger partial charge is 0.338 e. The van der Waals surface area contributed by atoms with Gasteiger partial charge < -0.3 is 23.8 Å². The van der Waals surface area contributed by atoms with Crippen molar-refractivity contribution in [3.63, 3.8) is 0 Å². The molecule has 9 heteroatoms. The number of carbonyl (C=O) groups is 3. The molecule has 0 aromatic heterocycles. The Morgan fingerprint density at radius 1 is 1.11 bits per heavy atom. The van der Waals surface area contributed by atoms with E-state index in [0.29, 0.717) is 24.5 Å². The van der Waals surface area contributed by atoms with Crippen LogP contribution in [0, 0.1) is 11.3 Å². The van der Waals surface area contributed by atoms with Crippen molar-refractivity contribution >= 4 is 30.3 Å². The van der Waals surface area contributed by atoms with Gasteiger partial charge in [-0.05, 0) is 18.2 Å². The first-order valence-electron chi connectivity index (χ1n) is 8.18. The number of carbonyl (C=O) groups excluding carboxylic acids is 3. The minimum Gasteiger partial charge on any atom is -0.497 e. The van der Waals surface area contributed by atoms with Crippen LogP contribution in [0.1, 0.15) is 20.7 Å². The molecule has 2 saturated heterocycles. The van der Waals surface area contributed by atoms with Crippen LogP contribution in [-0.4, -0.2) is 70.4 Å². The third kappa shape index (κ3) is 3.59. The Kier molecular flexibility index (Phi) is 6.33. The predicted octanol–water partition coefficient (Wildman–Crippen LogP) is 1.17. The number of ether oxygens (including phenoxy) is 4. The summed E-state index contributed by atoms with van der Waals surface area (Å²) in [6.07, 6.45) is 0. The van der Waals surface area contributed by atoms with Crippen LogP contribution in [0.25, 0.3) is 0 Å². The minimum absolute atomic E-state index is 0. The van der Waals surface area contributed by atoms with Crippen LogP contribution in [0.15, 0.2) is 18.2 Å². The summed E-state index contributed by atoms with van der Waals surface area (Å²) in [7, 11) is 4.06. The molecule has 1 aromatic carbocycles. The second kappa shape index (κ2) is 8.14. The van der Waals surface area contributed by atoms with E-state index < -0.39 is 11.4 Å². The highest BCUT2D eigenvalue weighted by Gasteiger charge is 2.57. The molecule has 0 unspecified atom stereocenters. The third-order valence-corrected chi connectivity index (χ3v) is 5.06. The Labute approximate surface area is 163 Å². The molecule has 0 saturated carbocycles. The Bertz CT molecular complexity index is 753. The van der Waals surface area contributed by atoms with Crippen LogP contribution in [0.2, 0.25) is 0 Å². The monoisotopic (exact) mass is 399 g/mol. The summed E-state index contributed by atoms with van der Waals surface area (Å²) in [5.41, 5.74) is -0.305. The molecule has 2 atom stereocenters. The van der Waals surface area contributed by atoms with Gasteiger partial charge in [0.15, 0.2) is 0 Å². The van der Waals surface area contributed by atoms with Gasteiger partial charge >= 0.3 is 11.9 Å². The van der Waals surface area contributed by atoms with Gasteiger partial charge in [0.05, 0.1) is 40.1 Å². The van der Waals surface area contributed by atoms with Crippen molar-refractivity contribution in [2.24, 2.45) is 11.3 Å². The van der Waals surface area contributed by atoms with Crippen LogP contribution in [0.4, 0.5) is 0 Å². The summed E-state index contributed by atoms with van der Waals surface area (Å²) in [4.78, 5) is 38.7. The number of likely N-dealkylation sites (tertiary alicyclic amines) is 1. The molecule has 0 radical (unpaired) electrons. The van der Waals surface area contributed by atoms with Crippen molar-refractivity contribution < 1.29 is 33.3 Å². The fourth-order valence-corrected chi connectivity index (χ4v) is 3.64. The summed E-state index contributed by atoms with van der Waals surface area (Å²) in [5, 5.41) is 0. The van der Waals surface area contributed by atoms with Crippen molar-refractivity contribution in [2.75, 3.05) is 47.6 Å². The molecule has 3 rings (SSSR count). The lowest BCUT2D eigenvalue weighted by molar-refractivity contribution is -0.153. The van der Waals surface area contributed by atoms with Crippen LogP contribution in [0.5, 0.6) is 5.75 Å². The predicted molar refractivity (Wildman–Crippen MR) is 96.2 cm³/mol. The fraction of sp³-hybridized carbons (Fsp3) is 0.500. The van der Waals surface area contributed by atoms with Gasteiger partial charge in [-0.15, -0.1) is 12.4 Å². The van der Waals surface area contributed by atoms with Gasteiger partial charge in [-0.1, -0.05) is 0 Å². The standard InChI is InChI=1S/C18H21NO7.ClH/c1-23-14-5-11(4-12(6-14)16(21)24-2)15(20)19-7-13-8-26-10-18(13,9-19)17(22)25-3;/h4-6,13H,7-10H2,1-3H3;1H/t13-,18-;/m0./s1. The first kappa shape index (κ1) is 21.0. The topological polar surface area (TPSA) is 91.4 Å². The van der Waals surface area contributed by atoms with Crippen molar-refractivity contribution in [3.05, 3.63) is 29.3 Å². The quantitative estimate of drug-likeness (QED) is 0.701. The molecule has 0 aliphatic carbocycles. The Balaban J connectivity index is 0.00000261. The third-order valence-electron chi connectivity index (χ3n) is 5.06. The van der Waals surface area contributed by atoms with Crippen LogP contribution < -0.4 is 4.74 Å². The molecule has 2 aliphatic heterocycles. The second-order valence-electron chi connectivity index (χ2n) is 6.49. The van der Waals surface area contributed by atoms with Crippen molar-refractivity contribution in [1.29, 1.82) is 0 Å². The second-order valence-corrected chi connectivity index (χ2v) is 6.49. The maximum absolute atomic E-state index is 13.0. The number of benzene rings is 1. The SMILES string of the molecule is COC(=O)c1cc(OC)cc(C(=O)N2C[C@H]3COC[C@@]3(C(=O)OC)C2)c1.Cl. The maximum atomic E-state index is 13.0. The maximum Gasteiger partial charge on any atom is 0.338 e. The summed E-state index contributed by atoms with van der Waals surface area (Å²) in [5.74, 6) is -0.940. The Hall–Kier alpha value is -2.32. The number of fused-ring (bicyclic) bond motifs is 1. The normalized spacial score (nSPS) is 23.2. The minimum atomic E-state index is -0.825. The van der Waals surface area contributed by atoms with Crippen molar-refractivity contribution in [2.45, 2.75) is 0 Å². The van der Waals surface area contributed by atoms with Gasteiger partial charge in [-0.25, -0.2) is 4.79 Å². The summed E-state index contributed by atoms with van der Waals surface area (Å²) in [6.45, 7) is 1.25. The average molecular weight is 400 g/mol. The van der Waals surface area contributed by atoms with E-state index in [2.05, 4.69) is 0 Å². The number of nitrogens with zero attached hydrogens (tertiary/aromatic N) is 1.